The molecule has 1 amide bonds. The van der Waals surface area contributed by atoms with Gasteiger partial charge in [-0.25, -0.2) is 0 Å². The third-order valence-corrected chi connectivity index (χ3v) is 4.80. The number of nitrogens with zero attached hydrogens (tertiary/aromatic N) is 5. The van der Waals surface area contributed by atoms with Crippen LogP contribution in [0.5, 0.6) is 0 Å². The van der Waals surface area contributed by atoms with Crippen molar-refractivity contribution in [3.05, 3.63) is 41.5 Å². The van der Waals surface area contributed by atoms with Crippen LogP contribution in [0.15, 0.2) is 24.7 Å². The van der Waals surface area contributed by atoms with E-state index in [1.165, 1.54) is 24.6 Å². The molecule has 1 aliphatic heterocycles. The minimum Gasteiger partial charge on any atom is -0.379 e. The summed E-state index contributed by atoms with van der Waals surface area (Å²) in [5.74, 6) is 0.671. The molecule has 1 unspecified atom stereocenters. The average molecular weight is 327 g/mol. The van der Waals surface area contributed by atoms with E-state index in [9.17, 15) is 4.79 Å². The highest BCUT2D eigenvalue weighted by atomic mass is 16.5. The van der Waals surface area contributed by atoms with E-state index in [0.29, 0.717) is 24.6 Å². The van der Waals surface area contributed by atoms with Crippen molar-refractivity contribution < 1.29 is 9.53 Å². The highest BCUT2D eigenvalue weighted by Crippen LogP contribution is 2.33. The molecule has 0 N–H and O–H groups in total. The first kappa shape index (κ1) is 15.3. The molecule has 0 radical (unpaired) electrons. The van der Waals surface area contributed by atoms with Crippen molar-refractivity contribution in [2.45, 2.75) is 25.3 Å². The minimum atomic E-state index is -0.110. The van der Waals surface area contributed by atoms with Crippen molar-refractivity contribution >= 4 is 5.91 Å². The van der Waals surface area contributed by atoms with E-state index in [1.807, 2.05) is 22.8 Å². The molecule has 126 valence electrons. The van der Waals surface area contributed by atoms with Crippen molar-refractivity contribution in [3.63, 3.8) is 0 Å². The fourth-order valence-corrected chi connectivity index (χ4v) is 3.28. The smallest absolute Gasteiger partial charge is 0.256 e. The molecule has 7 nitrogen and oxygen atoms in total. The topological polar surface area (TPSA) is 73.1 Å². The lowest BCUT2D eigenvalue weighted by molar-refractivity contribution is 0.0348. The number of hydrogen-bond donors (Lipinski definition) is 0. The van der Waals surface area contributed by atoms with Crippen LogP contribution in [-0.2, 0) is 18.2 Å². The van der Waals surface area contributed by atoms with Crippen LogP contribution in [0.25, 0.3) is 0 Å². The molecule has 2 aromatic rings. The molecule has 0 spiro atoms. The van der Waals surface area contributed by atoms with Gasteiger partial charge in [-0.1, -0.05) is 0 Å². The van der Waals surface area contributed by atoms with Crippen LogP contribution in [-0.4, -0.2) is 50.5 Å². The lowest BCUT2D eigenvalue weighted by atomic mass is 9.99. The maximum Gasteiger partial charge on any atom is 0.256 e. The molecule has 2 aliphatic rings. The number of carbonyl (C=O) groups is 1. The van der Waals surface area contributed by atoms with Crippen LogP contribution in [0.2, 0.25) is 0 Å². The number of aryl methyl sites for hydroxylation is 1. The van der Waals surface area contributed by atoms with E-state index >= 15 is 0 Å². The van der Waals surface area contributed by atoms with Gasteiger partial charge < -0.3 is 9.64 Å². The molecule has 7 heteroatoms. The van der Waals surface area contributed by atoms with Crippen LogP contribution in [0, 0.1) is 5.92 Å². The number of rotatable bonds is 5. The minimum absolute atomic E-state index is 0.0308. The van der Waals surface area contributed by atoms with Crippen molar-refractivity contribution in [3.8, 4) is 0 Å². The van der Waals surface area contributed by atoms with Gasteiger partial charge in [0.1, 0.15) is 0 Å². The van der Waals surface area contributed by atoms with E-state index < -0.39 is 0 Å². The van der Waals surface area contributed by atoms with Crippen molar-refractivity contribution in [1.82, 2.24) is 24.9 Å². The summed E-state index contributed by atoms with van der Waals surface area (Å²) in [6, 6.07) is 1.59. The number of carbonyl (C=O) groups excluding carboxylic acids is 1. The summed E-state index contributed by atoms with van der Waals surface area (Å²) in [6.07, 6.45) is 8.29. The molecule has 0 aromatic carbocycles. The standard InChI is InChI=1S/C17H21N5O2/c1-21-16-13(9-20-21)5-7-22(15(16)11-24-10-12-2-3-12)17(23)14-4-6-18-19-8-14/h4,6,8-9,12,15H,2-3,5,7,10-11H2,1H3. The first-order chi connectivity index (χ1) is 11.7. The average Bonchev–Trinajstić information content (AvgIpc) is 3.37. The van der Waals surface area contributed by atoms with Crippen LogP contribution in [0.1, 0.15) is 40.5 Å². The number of amides is 1. The van der Waals surface area contributed by atoms with Gasteiger partial charge in [-0.15, -0.1) is 0 Å². The SMILES string of the molecule is Cn1ncc2c1C(COCC1CC1)N(C(=O)c1ccnnc1)CC2. The molecule has 1 fully saturated rings. The van der Waals surface area contributed by atoms with E-state index in [0.717, 1.165) is 18.7 Å². The van der Waals surface area contributed by atoms with Gasteiger partial charge in [0.2, 0.25) is 0 Å². The molecule has 1 saturated carbocycles. The zero-order chi connectivity index (χ0) is 16.5. The summed E-state index contributed by atoms with van der Waals surface area (Å²) < 4.78 is 7.80. The quantitative estimate of drug-likeness (QED) is 0.829. The van der Waals surface area contributed by atoms with Crippen LogP contribution in [0.4, 0.5) is 0 Å². The molecule has 0 saturated heterocycles. The molecular weight excluding hydrogens is 306 g/mol. The highest BCUT2D eigenvalue weighted by Gasteiger charge is 2.34. The lowest BCUT2D eigenvalue weighted by Gasteiger charge is -2.36. The molecule has 3 heterocycles. The number of hydrogen-bond acceptors (Lipinski definition) is 5. The monoisotopic (exact) mass is 327 g/mol. The fourth-order valence-electron chi connectivity index (χ4n) is 3.28. The van der Waals surface area contributed by atoms with E-state index in [1.54, 1.807) is 12.3 Å². The third kappa shape index (κ3) is 2.91. The van der Waals surface area contributed by atoms with Crippen molar-refractivity contribution in [1.29, 1.82) is 0 Å². The molecule has 0 bridgehead atoms. The van der Waals surface area contributed by atoms with Gasteiger partial charge in [0.25, 0.3) is 5.91 Å². The Kier molecular flexibility index (Phi) is 4.02. The molecule has 4 rings (SSSR count). The van der Waals surface area contributed by atoms with Gasteiger partial charge >= 0.3 is 0 Å². The second kappa shape index (κ2) is 6.32. The Balaban J connectivity index is 1.59. The molecule has 24 heavy (non-hydrogen) atoms. The largest absolute Gasteiger partial charge is 0.379 e. The Labute approximate surface area is 140 Å². The first-order valence-corrected chi connectivity index (χ1v) is 8.40. The van der Waals surface area contributed by atoms with Gasteiger partial charge in [-0.3, -0.25) is 9.48 Å². The molecular formula is C17H21N5O2. The van der Waals surface area contributed by atoms with Gasteiger partial charge in [-0.2, -0.15) is 15.3 Å². The van der Waals surface area contributed by atoms with E-state index in [2.05, 4.69) is 15.3 Å². The van der Waals surface area contributed by atoms with Gasteiger partial charge in [-0.05, 0) is 36.8 Å². The summed E-state index contributed by atoms with van der Waals surface area (Å²) in [5, 5.41) is 11.9. The predicted octanol–water partition coefficient (Wildman–Crippen LogP) is 1.38. The summed E-state index contributed by atoms with van der Waals surface area (Å²) in [5.41, 5.74) is 2.84. The third-order valence-electron chi connectivity index (χ3n) is 4.80. The second-order valence-electron chi connectivity index (χ2n) is 6.55. The first-order valence-electron chi connectivity index (χ1n) is 8.40. The van der Waals surface area contributed by atoms with E-state index in [4.69, 9.17) is 4.74 Å². The molecule has 1 aliphatic carbocycles. The Hall–Kier alpha value is -2.28. The molecule has 1 atom stereocenters. The lowest BCUT2D eigenvalue weighted by Crippen LogP contribution is -2.42. The molecule has 2 aromatic heterocycles. The zero-order valence-corrected chi connectivity index (χ0v) is 13.8. The Morgan fingerprint density at radius 2 is 2.17 bits per heavy atom. The van der Waals surface area contributed by atoms with E-state index in [-0.39, 0.29) is 11.9 Å². The maximum atomic E-state index is 12.9. The van der Waals surface area contributed by atoms with Crippen LogP contribution >= 0.6 is 0 Å². The fraction of sp³-hybridized carbons (Fsp3) is 0.529. The van der Waals surface area contributed by atoms with Crippen molar-refractivity contribution in [2.75, 3.05) is 19.8 Å². The Morgan fingerprint density at radius 3 is 2.92 bits per heavy atom. The summed E-state index contributed by atoms with van der Waals surface area (Å²) in [4.78, 5) is 14.8. The van der Waals surface area contributed by atoms with Crippen molar-refractivity contribution in [2.24, 2.45) is 13.0 Å². The maximum absolute atomic E-state index is 12.9. The van der Waals surface area contributed by atoms with Gasteiger partial charge in [0.05, 0.1) is 42.5 Å². The van der Waals surface area contributed by atoms with Gasteiger partial charge in [0.15, 0.2) is 0 Å². The van der Waals surface area contributed by atoms with Gasteiger partial charge in [0, 0.05) is 20.2 Å². The summed E-state index contributed by atoms with van der Waals surface area (Å²) >= 11 is 0. The Morgan fingerprint density at radius 1 is 1.29 bits per heavy atom. The predicted molar refractivity (Wildman–Crippen MR) is 86.3 cm³/mol. The zero-order valence-electron chi connectivity index (χ0n) is 13.8. The number of fused-ring (bicyclic) bond motifs is 1. The highest BCUT2D eigenvalue weighted by molar-refractivity contribution is 5.94. The normalized spacial score (nSPS) is 20.0. The van der Waals surface area contributed by atoms with Crippen LogP contribution < -0.4 is 0 Å². The number of aromatic nitrogens is 4. The number of ether oxygens (including phenoxy) is 1. The van der Waals surface area contributed by atoms with Crippen LogP contribution in [0.3, 0.4) is 0 Å². The summed E-state index contributed by atoms with van der Waals surface area (Å²) in [7, 11) is 1.93. The Bertz CT molecular complexity index is 726. The summed E-state index contributed by atoms with van der Waals surface area (Å²) in [6.45, 7) is 1.95. The second-order valence-corrected chi connectivity index (χ2v) is 6.55.